The van der Waals surface area contributed by atoms with Crippen molar-refractivity contribution in [2.45, 2.75) is 41.2 Å². The van der Waals surface area contributed by atoms with Gasteiger partial charge in [-0.25, -0.2) is 4.68 Å². The second-order valence-corrected chi connectivity index (χ2v) is 6.50. The second kappa shape index (κ2) is 6.68. The molecular formula is C19H19N5O3. The highest BCUT2D eigenvalue weighted by Crippen LogP contribution is 2.21. The summed E-state index contributed by atoms with van der Waals surface area (Å²) < 4.78 is 7.99. The number of rotatable bonds is 4. The van der Waals surface area contributed by atoms with E-state index in [2.05, 4.69) is 10.3 Å². The molecule has 3 rings (SSSR count). The Morgan fingerprint density at radius 1 is 1.22 bits per heavy atom. The van der Waals surface area contributed by atoms with Crippen LogP contribution in [-0.2, 0) is 6.54 Å². The lowest BCUT2D eigenvalue weighted by molar-refractivity contribution is 0.0965. The first kappa shape index (κ1) is 18.3. The maximum absolute atomic E-state index is 12.8. The van der Waals surface area contributed by atoms with Gasteiger partial charge in [0.2, 0.25) is 0 Å². The number of Topliss-reactive ketones (excluding diaryl/α,β-unsaturated/α-hetero) is 1. The quantitative estimate of drug-likeness (QED) is 0.657. The van der Waals surface area contributed by atoms with Crippen LogP contribution in [-0.4, -0.2) is 25.3 Å². The zero-order chi connectivity index (χ0) is 19.9. The van der Waals surface area contributed by atoms with Crippen LogP contribution in [0.1, 0.15) is 44.3 Å². The molecule has 8 nitrogen and oxygen atoms in total. The molecule has 0 aliphatic heterocycles. The van der Waals surface area contributed by atoms with Crippen LogP contribution in [0.25, 0.3) is 5.82 Å². The summed E-state index contributed by atoms with van der Waals surface area (Å²) in [5.74, 6) is 0.992. The van der Waals surface area contributed by atoms with Crippen LogP contribution in [0, 0.1) is 45.9 Å². The number of nitrogens with zero attached hydrogens (tertiary/aromatic N) is 5. The molecular weight excluding hydrogens is 346 g/mol. The highest BCUT2D eigenvalue weighted by atomic mass is 16.5. The number of carbonyl (C=O) groups excluding carboxylic acids is 1. The van der Waals surface area contributed by atoms with Gasteiger partial charge < -0.3 is 4.52 Å². The van der Waals surface area contributed by atoms with Crippen LogP contribution >= 0.6 is 0 Å². The average molecular weight is 365 g/mol. The monoisotopic (exact) mass is 365 g/mol. The van der Waals surface area contributed by atoms with E-state index in [1.807, 2.05) is 24.5 Å². The van der Waals surface area contributed by atoms with Crippen LogP contribution < -0.4 is 5.56 Å². The number of aromatic nitrogens is 4. The normalized spacial score (nSPS) is 10.8. The van der Waals surface area contributed by atoms with Crippen LogP contribution in [0.5, 0.6) is 0 Å². The molecule has 0 fully saturated rings. The largest absolute Gasteiger partial charge is 0.360 e. The van der Waals surface area contributed by atoms with Gasteiger partial charge in [0.15, 0.2) is 11.6 Å². The van der Waals surface area contributed by atoms with Gasteiger partial charge >= 0.3 is 0 Å². The van der Waals surface area contributed by atoms with Gasteiger partial charge in [0.05, 0.1) is 5.69 Å². The Labute approximate surface area is 155 Å². The number of aryl methyl sites for hydroxylation is 3. The van der Waals surface area contributed by atoms with E-state index in [-0.39, 0.29) is 17.9 Å². The van der Waals surface area contributed by atoms with Gasteiger partial charge in [-0.15, -0.1) is 0 Å². The second-order valence-electron chi connectivity index (χ2n) is 6.50. The highest BCUT2D eigenvalue weighted by molar-refractivity contribution is 5.97. The Hall–Kier alpha value is -3.47. The summed E-state index contributed by atoms with van der Waals surface area (Å²) in [4.78, 5) is 25.3. The molecule has 0 aliphatic rings. The summed E-state index contributed by atoms with van der Waals surface area (Å²) >= 11 is 0. The number of hydrogen-bond donors (Lipinski definition) is 0. The lowest BCUT2D eigenvalue weighted by Gasteiger charge is -2.09. The van der Waals surface area contributed by atoms with Crippen molar-refractivity contribution < 1.29 is 9.32 Å². The van der Waals surface area contributed by atoms with E-state index >= 15 is 0 Å². The molecule has 0 saturated carbocycles. The molecule has 3 heterocycles. The molecule has 0 saturated heterocycles. The van der Waals surface area contributed by atoms with Crippen molar-refractivity contribution in [2.75, 3.05) is 0 Å². The van der Waals surface area contributed by atoms with E-state index in [0.29, 0.717) is 34.1 Å². The first-order valence-electron chi connectivity index (χ1n) is 8.38. The predicted octanol–water partition coefficient (Wildman–Crippen LogP) is 2.32. The minimum atomic E-state index is -0.560. The van der Waals surface area contributed by atoms with E-state index in [4.69, 9.17) is 4.52 Å². The lowest BCUT2D eigenvalue weighted by Crippen LogP contribution is -2.30. The molecule has 0 N–H and O–H groups in total. The summed E-state index contributed by atoms with van der Waals surface area (Å²) in [6.07, 6.45) is 0. The smallest absolute Gasteiger partial charge is 0.285 e. The van der Waals surface area contributed by atoms with Gasteiger partial charge in [0.1, 0.15) is 23.9 Å². The fraction of sp³-hybridized carbons (Fsp3) is 0.316. The minimum Gasteiger partial charge on any atom is -0.360 e. The highest BCUT2D eigenvalue weighted by Gasteiger charge is 2.20. The third-order valence-electron chi connectivity index (χ3n) is 4.62. The summed E-state index contributed by atoms with van der Waals surface area (Å²) in [5.41, 5.74) is 2.52. The summed E-state index contributed by atoms with van der Waals surface area (Å²) in [6.45, 7) is 8.60. The van der Waals surface area contributed by atoms with Gasteiger partial charge in [-0.05, 0) is 46.2 Å². The summed E-state index contributed by atoms with van der Waals surface area (Å²) in [7, 11) is 0. The molecule has 0 aromatic carbocycles. The SMILES string of the molecule is Cc1cc(-n2c(C)cc(C(=O)Cn3nc(C)c(C)c(C#N)c3=O)c2C)no1. The van der Waals surface area contributed by atoms with Gasteiger partial charge in [0, 0.05) is 23.0 Å². The molecule has 138 valence electrons. The first-order chi connectivity index (χ1) is 12.7. The Kier molecular flexibility index (Phi) is 4.54. The first-order valence-corrected chi connectivity index (χ1v) is 8.38. The molecule has 27 heavy (non-hydrogen) atoms. The van der Waals surface area contributed by atoms with Crippen molar-refractivity contribution in [3.05, 3.63) is 62.0 Å². The van der Waals surface area contributed by atoms with Gasteiger partial charge in [-0.2, -0.15) is 10.4 Å². The van der Waals surface area contributed by atoms with Crippen LogP contribution in [0.2, 0.25) is 0 Å². The molecule has 3 aromatic rings. The third-order valence-corrected chi connectivity index (χ3v) is 4.62. The Balaban J connectivity index is 2.01. The van der Waals surface area contributed by atoms with Crippen LogP contribution in [0.15, 0.2) is 21.5 Å². The molecule has 0 amide bonds. The summed E-state index contributed by atoms with van der Waals surface area (Å²) in [6, 6.07) is 5.43. The van der Waals surface area contributed by atoms with E-state index in [1.54, 1.807) is 32.9 Å². The van der Waals surface area contributed by atoms with Gasteiger partial charge in [-0.3, -0.25) is 14.2 Å². The third kappa shape index (κ3) is 3.08. The Bertz CT molecular complexity index is 1160. The van der Waals surface area contributed by atoms with E-state index in [1.165, 1.54) is 0 Å². The van der Waals surface area contributed by atoms with Gasteiger partial charge in [-0.1, -0.05) is 5.16 Å². The molecule has 0 spiro atoms. The number of nitriles is 1. The van der Waals surface area contributed by atoms with Crippen LogP contribution in [0.3, 0.4) is 0 Å². The van der Waals surface area contributed by atoms with Gasteiger partial charge in [0.25, 0.3) is 5.56 Å². The standard InChI is InChI=1S/C19H19N5O3/c1-10-6-15(14(5)24(10)18-7-11(2)27-22-18)17(25)9-23-19(26)16(8-20)12(3)13(4)21-23/h6-7H,9H2,1-5H3. The number of ketones is 1. The van der Waals surface area contributed by atoms with Crippen molar-refractivity contribution in [3.63, 3.8) is 0 Å². The number of carbonyl (C=O) groups is 1. The van der Waals surface area contributed by atoms with Crippen molar-refractivity contribution in [3.8, 4) is 11.9 Å². The number of hydrogen-bond acceptors (Lipinski definition) is 6. The molecule has 0 bridgehead atoms. The average Bonchev–Trinajstić information content (AvgIpc) is 3.16. The van der Waals surface area contributed by atoms with E-state index in [0.717, 1.165) is 10.4 Å². The molecule has 3 aromatic heterocycles. The maximum atomic E-state index is 12.8. The molecule has 0 radical (unpaired) electrons. The Morgan fingerprint density at radius 2 is 1.93 bits per heavy atom. The molecule has 8 heteroatoms. The molecule has 0 unspecified atom stereocenters. The van der Waals surface area contributed by atoms with Crippen molar-refractivity contribution >= 4 is 5.78 Å². The fourth-order valence-electron chi connectivity index (χ4n) is 3.09. The topological polar surface area (TPSA) is 107 Å². The van der Waals surface area contributed by atoms with Crippen molar-refractivity contribution in [2.24, 2.45) is 0 Å². The van der Waals surface area contributed by atoms with E-state index < -0.39 is 5.56 Å². The van der Waals surface area contributed by atoms with E-state index in [9.17, 15) is 14.9 Å². The molecule has 0 aliphatic carbocycles. The van der Waals surface area contributed by atoms with Crippen LogP contribution in [0.4, 0.5) is 0 Å². The lowest BCUT2D eigenvalue weighted by atomic mass is 10.1. The zero-order valence-electron chi connectivity index (χ0n) is 15.8. The summed E-state index contributed by atoms with van der Waals surface area (Å²) in [5, 5.41) is 17.4. The molecule has 0 atom stereocenters. The minimum absolute atomic E-state index is 0.0128. The fourth-order valence-corrected chi connectivity index (χ4v) is 3.09. The van der Waals surface area contributed by atoms with Crippen molar-refractivity contribution in [1.82, 2.24) is 19.5 Å². The van der Waals surface area contributed by atoms with Crippen molar-refractivity contribution in [1.29, 1.82) is 5.26 Å². The zero-order valence-corrected chi connectivity index (χ0v) is 15.8. The predicted molar refractivity (Wildman–Crippen MR) is 97.1 cm³/mol. The Morgan fingerprint density at radius 3 is 2.52 bits per heavy atom. The maximum Gasteiger partial charge on any atom is 0.285 e.